The highest BCUT2D eigenvalue weighted by Gasteiger charge is 2.21. The molecule has 6 nitrogen and oxygen atoms in total. The maximum Gasteiger partial charge on any atom is 0.298 e. The summed E-state index contributed by atoms with van der Waals surface area (Å²) in [6, 6.07) is 26.3. The lowest BCUT2D eigenvalue weighted by Gasteiger charge is -2.32. The molecule has 5 rings (SSSR count). The van der Waals surface area contributed by atoms with E-state index in [4.69, 9.17) is 4.74 Å². The number of piperidine rings is 1. The molecule has 1 aliphatic heterocycles. The molecule has 1 amide bonds. The number of ether oxygens (including phenoxy) is 1. The zero-order valence-corrected chi connectivity index (χ0v) is 21.2. The Hall–Kier alpha value is -3.55. The number of likely N-dealkylation sites (tertiary alicyclic amines) is 1. The maximum atomic E-state index is 12.9. The Labute approximate surface area is 216 Å². The molecule has 1 N–H and O–H groups in total. The van der Waals surface area contributed by atoms with Gasteiger partial charge in [-0.2, -0.15) is 9.36 Å². The van der Waals surface area contributed by atoms with Crippen molar-refractivity contribution in [2.24, 2.45) is 0 Å². The lowest BCUT2D eigenvalue weighted by molar-refractivity contribution is 0.0908. The Balaban J connectivity index is 1.12. The molecule has 0 aliphatic carbocycles. The van der Waals surface area contributed by atoms with Gasteiger partial charge in [-0.05, 0) is 49.1 Å². The monoisotopic (exact) mass is 498 g/mol. The summed E-state index contributed by atoms with van der Waals surface area (Å²) in [5.74, 6) is 1.24. The van der Waals surface area contributed by atoms with Crippen LogP contribution in [0.3, 0.4) is 0 Å². The number of carbonyl (C=O) groups excluding carboxylic acids is 1. The van der Waals surface area contributed by atoms with Crippen molar-refractivity contribution < 1.29 is 9.53 Å². The molecule has 1 saturated heterocycles. The molecule has 2 heterocycles. The number of aromatic nitrogens is 2. The van der Waals surface area contributed by atoms with E-state index in [1.807, 2.05) is 24.3 Å². The van der Waals surface area contributed by atoms with E-state index in [9.17, 15) is 4.79 Å². The summed E-state index contributed by atoms with van der Waals surface area (Å²) in [5, 5.41) is 3.67. The number of rotatable bonds is 8. The van der Waals surface area contributed by atoms with Crippen molar-refractivity contribution in [2.45, 2.75) is 38.8 Å². The summed E-state index contributed by atoms with van der Waals surface area (Å²) in [6.07, 6.45) is 2.55. The van der Waals surface area contributed by atoms with Crippen molar-refractivity contribution in [1.82, 2.24) is 19.6 Å². The highest BCUT2D eigenvalue weighted by molar-refractivity contribution is 7.07. The van der Waals surface area contributed by atoms with E-state index in [0.717, 1.165) is 43.9 Å². The average Bonchev–Trinajstić information content (AvgIpc) is 3.34. The minimum Gasteiger partial charge on any atom is -0.430 e. The van der Waals surface area contributed by atoms with Crippen LogP contribution in [-0.4, -0.2) is 39.3 Å². The van der Waals surface area contributed by atoms with Crippen molar-refractivity contribution in [3.63, 3.8) is 0 Å². The second-order valence-corrected chi connectivity index (χ2v) is 9.99. The molecule has 7 heteroatoms. The molecule has 3 aromatic carbocycles. The first-order chi connectivity index (χ1) is 17.6. The Morgan fingerprint density at radius 3 is 2.56 bits per heavy atom. The van der Waals surface area contributed by atoms with Gasteiger partial charge in [0, 0.05) is 49.2 Å². The van der Waals surface area contributed by atoms with E-state index in [2.05, 4.69) is 75.0 Å². The molecule has 1 fully saturated rings. The molecule has 0 radical (unpaired) electrons. The first kappa shape index (κ1) is 24.2. The smallest absolute Gasteiger partial charge is 0.298 e. The van der Waals surface area contributed by atoms with Gasteiger partial charge in [-0.25, -0.2) is 0 Å². The molecule has 1 aromatic heterocycles. The van der Waals surface area contributed by atoms with Crippen molar-refractivity contribution in [1.29, 1.82) is 0 Å². The number of benzene rings is 3. The Bertz CT molecular complexity index is 1280. The van der Waals surface area contributed by atoms with Gasteiger partial charge in [-0.1, -0.05) is 66.2 Å². The Kier molecular flexibility index (Phi) is 7.69. The third-order valence-electron chi connectivity index (χ3n) is 6.41. The van der Waals surface area contributed by atoms with Crippen molar-refractivity contribution in [2.75, 3.05) is 13.1 Å². The maximum absolute atomic E-state index is 12.9. The molecule has 0 spiro atoms. The SMILES string of the molecule is Cc1ccc(Cc2nsc(Oc3cccc(C(=O)NC4CCN(Cc5ccccc5)CC4)c3)n2)cc1. The fourth-order valence-corrected chi connectivity index (χ4v) is 4.96. The second kappa shape index (κ2) is 11.5. The lowest BCUT2D eigenvalue weighted by Crippen LogP contribution is -2.44. The predicted molar refractivity (Wildman–Crippen MR) is 143 cm³/mol. The van der Waals surface area contributed by atoms with Gasteiger partial charge in [0.05, 0.1) is 0 Å². The Morgan fingerprint density at radius 1 is 1.00 bits per heavy atom. The summed E-state index contributed by atoms with van der Waals surface area (Å²) in [7, 11) is 0. The Morgan fingerprint density at radius 2 is 1.78 bits per heavy atom. The normalized spacial score (nSPS) is 14.5. The highest BCUT2D eigenvalue weighted by Crippen LogP contribution is 2.25. The molecule has 0 atom stereocenters. The topological polar surface area (TPSA) is 67.3 Å². The fraction of sp³-hybridized carbons (Fsp3) is 0.276. The van der Waals surface area contributed by atoms with Crippen LogP contribution in [-0.2, 0) is 13.0 Å². The van der Waals surface area contributed by atoms with Gasteiger partial charge in [0.2, 0.25) is 0 Å². The van der Waals surface area contributed by atoms with Crippen LogP contribution in [0.4, 0.5) is 0 Å². The number of hydrogen-bond acceptors (Lipinski definition) is 6. The van der Waals surface area contributed by atoms with Crippen LogP contribution in [0.1, 0.15) is 45.7 Å². The molecule has 184 valence electrons. The van der Waals surface area contributed by atoms with Crippen molar-refractivity contribution in [3.05, 3.63) is 107 Å². The van der Waals surface area contributed by atoms with E-state index >= 15 is 0 Å². The van der Waals surface area contributed by atoms with Gasteiger partial charge in [0.1, 0.15) is 5.75 Å². The van der Waals surface area contributed by atoms with Crippen LogP contribution in [0.2, 0.25) is 0 Å². The van der Waals surface area contributed by atoms with Crippen LogP contribution < -0.4 is 10.1 Å². The molecular formula is C29H30N4O2S. The minimum absolute atomic E-state index is 0.0701. The zero-order chi connectivity index (χ0) is 24.7. The van der Waals surface area contributed by atoms with E-state index in [-0.39, 0.29) is 11.9 Å². The summed E-state index contributed by atoms with van der Waals surface area (Å²) in [6.45, 7) is 4.98. The lowest BCUT2D eigenvalue weighted by atomic mass is 10.0. The first-order valence-corrected chi connectivity index (χ1v) is 13.1. The molecular weight excluding hydrogens is 468 g/mol. The van der Waals surface area contributed by atoms with E-state index < -0.39 is 0 Å². The summed E-state index contributed by atoms with van der Waals surface area (Å²) >= 11 is 1.22. The summed E-state index contributed by atoms with van der Waals surface area (Å²) in [4.78, 5) is 19.9. The van der Waals surface area contributed by atoms with E-state index in [1.165, 1.54) is 22.7 Å². The predicted octanol–water partition coefficient (Wildman–Crippen LogP) is 5.62. The van der Waals surface area contributed by atoms with Crippen LogP contribution in [0.5, 0.6) is 10.9 Å². The molecule has 0 bridgehead atoms. The molecule has 0 saturated carbocycles. The quantitative estimate of drug-likeness (QED) is 0.341. The average molecular weight is 499 g/mol. The molecule has 0 unspecified atom stereocenters. The molecule has 4 aromatic rings. The van der Waals surface area contributed by atoms with Gasteiger partial charge < -0.3 is 10.1 Å². The van der Waals surface area contributed by atoms with E-state index in [1.54, 1.807) is 6.07 Å². The van der Waals surface area contributed by atoms with Gasteiger partial charge >= 0.3 is 0 Å². The number of hydrogen-bond donors (Lipinski definition) is 1. The van der Waals surface area contributed by atoms with Crippen molar-refractivity contribution >= 4 is 17.4 Å². The third-order valence-corrected chi connectivity index (χ3v) is 7.04. The number of amides is 1. The van der Waals surface area contributed by atoms with E-state index in [0.29, 0.717) is 22.9 Å². The highest BCUT2D eigenvalue weighted by atomic mass is 32.1. The molecule has 36 heavy (non-hydrogen) atoms. The largest absolute Gasteiger partial charge is 0.430 e. The first-order valence-electron chi connectivity index (χ1n) is 12.3. The zero-order valence-electron chi connectivity index (χ0n) is 20.4. The number of nitrogens with one attached hydrogen (secondary N) is 1. The number of nitrogens with zero attached hydrogens (tertiary/aromatic N) is 3. The summed E-state index contributed by atoms with van der Waals surface area (Å²) in [5.41, 5.74) is 4.30. The minimum atomic E-state index is -0.0701. The van der Waals surface area contributed by atoms with Crippen LogP contribution in [0.15, 0.2) is 78.9 Å². The van der Waals surface area contributed by atoms with Gasteiger partial charge in [-0.15, -0.1) is 0 Å². The van der Waals surface area contributed by atoms with Crippen molar-refractivity contribution in [3.8, 4) is 10.9 Å². The van der Waals surface area contributed by atoms with Crippen LogP contribution in [0, 0.1) is 6.92 Å². The standard InChI is InChI=1S/C29H30N4O2S/c1-21-10-12-22(13-11-21)18-27-31-29(36-32-27)35-26-9-5-8-24(19-26)28(34)30-25-14-16-33(17-15-25)20-23-6-3-2-4-7-23/h2-13,19,25H,14-18,20H2,1H3,(H,30,34). The van der Waals surface area contributed by atoms with Crippen LogP contribution >= 0.6 is 11.5 Å². The molecule has 1 aliphatic rings. The van der Waals surface area contributed by atoms with Gasteiger partial charge in [0.25, 0.3) is 11.1 Å². The number of aryl methyl sites for hydroxylation is 1. The van der Waals surface area contributed by atoms with Crippen LogP contribution in [0.25, 0.3) is 0 Å². The fourth-order valence-electron chi connectivity index (χ4n) is 4.39. The second-order valence-electron chi connectivity index (χ2n) is 9.28. The third kappa shape index (κ3) is 6.56. The van der Waals surface area contributed by atoms with Gasteiger partial charge in [-0.3, -0.25) is 9.69 Å². The summed E-state index contributed by atoms with van der Waals surface area (Å²) < 4.78 is 10.3. The van der Waals surface area contributed by atoms with Gasteiger partial charge in [0.15, 0.2) is 5.82 Å². The number of carbonyl (C=O) groups is 1.